The number of benzene rings is 1. The summed E-state index contributed by atoms with van der Waals surface area (Å²) < 4.78 is 39.1. The molecule has 0 bridgehead atoms. The first-order chi connectivity index (χ1) is 8.24. The van der Waals surface area contributed by atoms with Crippen molar-refractivity contribution in [1.29, 1.82) is 0 Å². The van der Waals surface area contributed by atoms with Crippen molar-refractivity contribution in [2.45, 2.75) is 24.3 Å². The second-order valence-corrected chi connectivity index (χ2v) is 5.53. The number of carbonyl (C=O) groups is 1. The Labute approximate surface area is 104 Å². The van der Waals surface area contributed by atoms with Crippen LogP contribution in [0.1, 0.15) is 13.3 Å². The number of amides is 1. The normalized spacial score (nSPS) is 13.2. The topological polar surface area (TPSA) is 115 Å². The van der Waals surface area contributed by atoms with Crippen molar-refractivity contribution in [3.05, 3.63) is 24.0 Å². The third-order valence-electron chi connectivity index (χ3n) is 2.17. The Morgan fingerprint density at radius 3 is 2.67 bits per heavy atom. The minimum absolute atomic E-state index is 0.158. The Balaban J connectivity index is 3.00. The monoisotopic (exact) mass is 275 g/mol. The lowest BCUT2D eigenvalue weighted by molar-refractivity contribution is -0.118. The van der Waals surface area contributed by atoms with Gasteiger partial charge >= 0.3 is 0 Å². The number of nitrogens with two attached hydrogens (primary N) is 2. The van der Waals surface area contributed by atoms with E-state index < -0.39 is 33.5 Å². The van der Waals surface area contributed by atoms with Crippen LogP contribution in [0.25, 0.3) is 0 Å². The van der Waals surface area contributed by atoms with Crippen molar-refractivity contribution in [2.24, 2.45) is 5.73 Å². The fourth-order valence-electron chi connectivity index (χ4n) is 1.42. The summed E-state index contributed by atoms with van der Waals surface area (Å²) in [5, 5.41) is 0. The first-order valence-corrected chi connectivity index (χ1v) is 6.57. The molecule has 0 fully saturated rings. The van der Waals surface area contributed by atoms with E-state index in [9.17, 15) is 17.6 Å². The SMILES string of the molecule is CC(CC(N)=O)NS(=O)(=O)c1cccc(F)c1N. The molecule has 0 heterocycles. The van der Waals surface area contributed by atoms with Crippen LogP contribution in [0.3, 0.4) is 0 Å². The van der Waals surface area contributed by atoms with E-state index in [2.05, 4.69) is 4.72 Å². The van der Waals surface area contributed by atoms with Crippen molar-refractivity contribution in [3.8, 4) is 0 Å². The molecule has 0 saturated carbocycles. The highest BCUT2D eigenvalue weighted by molar-refractivity contribution is 7.89. The number of anilines is 1. The van der Waals surface area contributed by atoms with E-state index >= 15 is 0 Å². The Kier molecular flexibility index (Phi) is 4.25. The van der Waals surface area contributed by atoms with Crippen LogP contribution in [0.4, 0.5) is 10.1 Å². The largest absolute Gasteiger partial charge is 0.395 e. The molecule has 1 aromatic rings. The van der Waals surface area contributed by atoms with Gasteiger partial charge in [-0.25, -0.2) is 17.5 Å². The first-order valence-electron chi connectivity index (χ1n) is 5.08. The zero-order chi connectivity index (χ0) is 13.9. The molecule has 8 heteroatoms. The average molecular weight is 275 g/mol. The molecule has 0 spiro atoms. The Morgan fingerprint density at radius 1 is 1.50 bits per heavy atom. The highest BCUT2D eigenvalue weighted by Crippen LogP contribution is 2.21. The van der Waals surface area contributed by atoms with Crippen molar-refractivity contribution in [2.75, 3.05) is 5.73 Å². The van der Waals surface area contributed by atoms with Gasteiger partial charge in [0.2, 0.25) is 15.9 Å². The van der Waals surface area contributed by atoms with Gasteiger partial charge in [-0.1, -0.05) is 6.07 Å². The molecule has 1 unspecified atom stereocenters. The second kappa shape index (κ2) is 5.32. The first kappa shape index (κ1) is 14.4. The number of halogens is 1. The highest BCUT2D eigenvalue weighted by atomic mass is 32.2. The zero-order valence-corrected chi connectivity index (χ0v) is 10.5. The van der Waals surface area contributed by atoms with E-state index in [1.54, 1.807) is 0 Å². The van der Waals surface area contributed by atoms with E-state index in [0.29, 0.717) is 0 Å². The number of rotatable bonds is 5. The van der Waals surface area contributed by atoms with Crippen LogP contribution in [0.2, 0.25) is 0 Å². The smallest absolute Gasteiger partial charge is 0.242 e. The molecular formula is C10H14FN3O3S. The van der Waals surface area contributed by atoms with Crippen molar-refractivity contribution >= 4 is 21.6 Å². The Bertz CT molecular complexity index is 559. The number of primary amides is 1. The standard InChI is InChI=1S/C10H14FN3O3S/c1-6(5-9(12)15)14-18(16,17)8-4-2-3-7(11)10(8)13/h2-4,6,14H,5,13H2,1H3,(H2,12,15). The fraction of sp³-hybridized carbons (Fsp3) is 0.300. The van der Waals surface area contributed by atoms with Crippen molar-refractivity contribution in [1.82, 2.24) is 4.72 Å². The van der Waals surface area contributed by atoms with E-state index in [4.69, 9.17) is 11.5 Å². The number of hydrogen-bond donors (Lipinski definition) is 3. The molecule has 6 nitrogen and oxygen atoms in total. The van der Waals surface area contributed by atoms with Crippen LogP contribution in [0, 0.1) is 5.82 Å². The van der Waals surface area contributed by atoms with E-state index in [1.165, 1.54) is 19.1 Å². The van der Waals surface area contributed by atoms with E-state index in [-0.39, 0.29) is 11.3 Å². The van der Waals surface area contributed by atoms with E-state index in [1.807, 2.05) is 0 Å². The summed E-state index contributed by atoms with van der Waals surface area (Å²) in [6.07, 6.45) is -0.158. The summed E-state index contributed by atoms with van der Waals surface area (Å²) >= 11 is 0. The van der Waals surface area contributed by atoms with Gasteiger partial charge in [0.25, 0.3) is 0 Å². The van der Waals surface area contributed by atoms with Crippen LogP contribution in [-0.2, 0) is 14.8 Å². The number of para-hydroxylation sites is 1. The molecule has 1 aromatic carbocycles. The Hall–Kier alpha value is -1.67. The van der Waals surface area contributed by atoms with Gasteiger partial charge in [0, 0.05) is 12.5 Å². The third-order valence-corrected chi connectivity index (χ3v) is 3.81. The predicted octanol–water partition coefficient (Wildman–Crippen LogP) is -0.0499. The summed E-state index contributed by atoms with van der Waals surface area (Å²) in [4.78, 5) is 10.3. The summed E-state index contributed by atoms with van der Waals surface area (Å²) in [5.41, 5.74) is 9.84. The van der Waals surface area contributed by atoms with Gasteiger partial charge in [-0.15, -0.1) is 0 Å². The molecule has 0 saturated heterocycles. The summed E-state index contributed by atoms with van der Waals surface area (Å²) in [6.45, 7) is 1.47. The van der Waals surface area contributed by atoms with Crippen LogP contribution < -0.4 is 16.2 Å². The minimum atomic E-state index is -3.98. The molecular weight excluding hydrogens is 261 g/mol. The minimum Gasteiger partial charge on any atom is -0.395 e. The molecule has 1 amide bonds. The number of nitrogens with one attached hydrogen (secondary N) is 1. The van der Waals surface area contributed by atoms with E-state index in [0.717, 1.165) is 6.07 Å². The quantitative estimate of drug-likeness (QED) is 0.653. The summed E-state index contributed by atoms with van der Waals surface area (Å²) in [5.74, 6) is -1.46. The highest BCUT2D eigenvalue weighted by Gasteiger charge is 2.22. The Morgan fingerprint density at radius 2 is 2.11 bits per heavy atom. The van der Waals surface area contributed by atoms with Gasteiger partial charge in [0.05, 0.1) is 5.69 Å². The van der Waals surface area contributed by atoms with Crippen molar-refractivity contribution < 1.29 is 17.6 Å². The van der Waals surface area contributed by atoms with Gasteiger partial charge in [-0.2, -0.15) is 0 Å². The van der Waals surface area contributed by atoms with Gasteiger partial charge in [0.15, 0.2) is 0 Å². The molecule has 18 heavy (non-hydrogen) atoms. The zero-order valence-electron chi connectivity index (χ0n) is 9.68. The predicted molar refractivity (Wildman–Crippen MR) is 64.4 cm³/mol. The average Bonchev–Trinajstić information content (AvgIpc) is 2.19. The molecule has 0 aliphatic heterocycles. The summed E-state index contributed by atoms with van der Waals surface area (Å²) in [7, 11) is -3.98. The molecule has 0 aliphatic rings. The van der Waals surface area contributed by atoms with Gasteiger partial charge in [-0.3, -0.25) is 4.79 Å². The molecule has 1 atom stereocenters. The number of hydrogen-bond acceptors (Lipinski definition) is 4. The maximum atomic E-state index is 13.2. The molecule has 1 rings (SSSR count). The number of carbonyl (C=O) groups excluding carboxylic acids is 1. The molecule has 100 valence electrons. The molecule has 5 N–H and O–H groups in total. The maximum absolute atomic E-state index is 13.2. The van der Waals surface area contributed by atoms with Crippen LogP contribution >= 0.6 is 0 Å². The summed E-state index contributed by atoms with van der Waals surface area (Å²) in [6, 6.07) is 2.77. The molecule has 0 radical (unpaired) electrons. The fourth-order valence-corrected chi connectivity index (χ4v) is 2.81. The van der Waals surface area contributed by atoms with Gasteiger partial charge < -0.3 is 11.5 Å². The van der Waals surface area contributed by atoms with Crippen LogP contribution in [0.15, 0.2) is 23.1 Å². The second-order valence-electron chi connectivity index (χ2n) is 3.84. The lowest BCUT2D eigenvalue weighted by Crippen LogP contribution is -2.36. The number of sulfonamides is 1. The molecule has 0 aromatic heterocycles. The van der Waals surface area contributed by atoms with Gasteiger partial charge in [0.1, 0.15) is 10.7 Å². The van der Waals surface area contributed by atoms with Crippen molar-refractivity contribution in [3.63, 3.8) is 0 Å². The third kappa shape index (κ3) is 3.41. The number of nitrogen functional groups attached to an aromatic ring is 1. The maximum Gasteiger partial charge on any atom is 0.242 e. The lowest BCUT2D eigenvalue weighted by atomic mass is 10.2. The van der Waals surface area contributed by atoms with Crippen LogP contribution in [0.5, 0.6) is 0 Å². The van der Waals surface area contributed by atoms with Crippen LogP contribution in [-0.4, -0.2) is 20.4 Å². The van der Waals surface area contributed by atoms with Gasteiger partial charge in [-0.05, 0) is 19.1 Å². The molecule has 0 aliphatic carbocycles. The lowest BCUT2D eigenvalue weighted by Gasteiger charge is -2.14.